The first-order chi connectivity index (χ1) is 13.5. The zero-order chi connectivity index (χ0) is 20.4. The molecule has 28 heavy (non-hydrogen) atoms. The fourth-order valence-electron chi connectivity index (χ4n) is 2.62. The first-order valence-electron chi connectivity index (χ1n) is 9.41. The van der Waals surface area contributed by atoms with Crippen LogP contribution >= 0.6 is 11.3 Å². The highest BCUT2D eigenvalue weighted by atomic mass is 32.1. The van der Waals surface area contributed by atoms with Gasteiger partial charge in [-0.25, -0.2) is 4.98 Å². The maximum Gasteiger partial charge on any atom is 0.311 e. The van der Waals surface area contributed by atoms with E-state index in [-0.39, 0.29) is 11.9 Å². The van der Waals surface area contributed by atoms with Crippen LogP contribution < -0.4 is 5.32 Å². The average Bonchev–Trinajstić information content (AvgIpc) is 3.16. The number of allylic oxidation sites excluding steroid dienone is 5. The minimum Gasteiger partial charge on any atom is -0.466 e. The van der Waals surface area contributed by atoms with E-state index in [0.29, 0.717) is 19.6 Å². The number of rotatable bonds is 10. The van der Waals surface area contributed by atoms with Crippen molar-refractivity contribution in [3.8, 4) is 0 Å². The summed E-state index contributed by atoms with van der Waals surface area (Å²) in [4.78, 5) is 17.0. The molecule has 0 radical (unpaired) electrons. The molecule has 5 heteroatoms. The highest BCUT2D eigenvalue weighted by molar-refractivity contribution is 7.13. The van der Waals surface area contributed by atoms with Gasteiger partial charge in [0.15, 0.2) is 5.13 Å². The van der Waals surface area contributed by atoms with Crippen molar-refractivity contribution < 1.29 is 9.53 Å². The molecule has 0 fully saturated rings. The first kappa shape index (κ1) is 21.6. The van der Waals surface area contributed by atoms with Crippen LogP contribution in [0.2, 0.25) is 0 Å². The molecule has 0 saturated heterocycles. The molecule has 0 aliphatic rings. The Labute approximate surface area is 171 Å². The molecule has 1 aromatic carbocycles. The summed E-state index contributed by atoms with van der Waals surface area (Å²) in [5, 5.41) is 6.11. The number of carbonyl (C=O) groups excluding carboxylic acids is 1. The minimum atomic E-state index is -0.262. The van der Waals surface area contributed by atoms with Crippen molar-refractivity contribution in [3.05, 3.63) is 77.3 Å². The Morgan fingerprint density at radius 3 is 2.75 bits per heavy atom. The van der Waals surface area contributed by atoms with Crippen LogP contribution in [0.4, 0.5) is 5.13 Å². The van der Waals surface area contributed by atoms with Crippen LogP contribution in [0.25, 0.3) is 5.57 Å². The number of ether oxygens (including phenoxy) is 1. The van der Waals surface area contributed by atoms with Crippen molar-refractivity contribution in [1.82, 2.24) is 4.98 Å². The van der Waals surface area contributed by atoms with E-state index in [1.54, 1.807) is 6.08 Å². The molecule has 0 bridgehead atoms. The van der Waals surface area contributed by atoms with Crippen molar-refractivity contribution >= 4 is 28.0 Å². The van der Waals surface area contributed by atoms with Crippen molar-refractivity contribution in [2.75, 3.05) is 18.5 Å². The van der Waals surface area contributed by atoms with E-state index in [1.165, 1.54) is 16.9 Å². The molecular formula is C23H28N2O2S. The highest BCUT2D eigenvalue weighted by Gasteiger charge is 2.21. The maximum atomic E-state index is 12.4. The van der Waals surface area contributed by atoms with E-state index < -0.39 is 0 Å². The van der Waals surface area contributed by atoms with Gasteiger partial charge in [0.05, 0.1) is 18.2 Å². The number of benzene rings is 1. The molecule has 0 aliphatic heterocycles. The number of hydrogen-bond donors (Lipinski definition) is 1. The van der Waals surface area contributed by atoms with Gasteiger partial charge in [0.25, 0.3) is 0 Å². The average molecular weight is 397 g/mol. The monoisotopic (exact) mass is 396 g/mol. The normalized spacial score (nSPS) is 12.8. The van der Waals surface area contributed by atoms with Crippen molar-refractivity contribution in [2.24, 2.45) is 5.92 Å². The van der Waals surface area contributed by atoms with Crippen LogP contribution in [0, 0.1) is 12.8 Å². The quantitative estimate of drug-likeness (QED) is 0.430. The van der Waals surface area contributed by atoms with Crippen LogP contribution in [0.1, 0.15) is 30.7 Å². The second-order valence-electron chi connectivity index (χ2n) is 6.53. The molecule has 0 amide bonds. The summed E-state index contributed by atoms with van der Waals surface area (Å²) in [6, 6.07) is 8.25. The van der Waals surface area contributed by atoms with E-state index in [2.05, 4.69) is 48.1 Å². The van der Waals surface area contributed by atoms with E-state index in [0.717, 1.165) is 22.0 Å². The molecule has 0 saturated carbocycles. The first-order valence-corrected chi connectivity index (χ1v) is 10.3. The Kier molecular flexibility index (Phi) is 8.69. The second-order valence-corrected chi connectivity index (χ2v) is 7.39. The molecule has 1 heterocycles. The third-order valence-corrected chi connectivity index (χ3v) is 5.02. The fourth-order valence-corrected chi connectivity index (χ4v) is 3.40. The Bertz CT molecular complexity index is 835. The molecule has 148 valence electrons. The van der Waals surface area contributed by atoms with Crippen LogP contribution in [-0.4, -0.2) is 24.1 Å². The van der Waals surface area contributed by atoms with E-state index >= 15 is 0 Å². The summed E-state index contributed by atoms with van der Waals surface area (Å²) in [6.45, 7) is 10.4. The Morgan fingerprint density at radius 1 is 1.32 bits per heavy atom. The summed E-state index contributed by atoms with van der Waals surface area (Å²) >= 11 is 1.53. The molecule has 1 N–H and O–H groups in total. The third kappa shape index (κ3) is 6.82. The molecule has 1 atom stereocenters. The molecular weight excluding hydrogens is 368 g/mol. The lowest BCUT2D eigenvalue weighted by Crippen LogP contribution is -2.27. The van der Waals surface area contributed by atoms with Gasteiger partial charge < -0.3 is 10.1 Å². The summed E-state index contributed by atoms with van der Waals surface area (Å²) < 4.78 is 5.27. The largest absolute Gasteiger partial charge is 0.466 e. The third-order valence-electron chi connectivity index (χ3n) is 4.22. The molecule has 1 aromatic heterocycles. The van der Waals surface area contributed by atoms with Gasteiger partial charge in [0.1, 0.15) is 0 Å². The van der Waals surface area contributed by atoms with Crippen LogP contribution in [0.15, 0.2) is 60.5 Å². The second kappa shape index (κ2) is 11.2. The number of nitrogens with one attached hydrogen (secondary N) is 1. The van der Waals surface area contributed by atoms with Gasteiger partial charge in [0.2, 0.25) is 0 Å². The summed E-state index contributed by atoms with van der Waals surface area (Å²) in [5.74, 6) is -0.444. The predicted molar refractivity (Wildman–Crippen MR) is 119 cm³/mol. The molecule has 2 rings (SSSR count). The van der Waals surface area contributed by atoms with Gasteiger partial charge in [-0.2, -0.15) is 0 Å². The zero-order valence-corrected chi connectivity index (χ0v) is 17.6. The number of aryl methyl sites for hydroxylation is 1. The van der Waals surface area contributed by atoms with Crippen molar-refractivity contribution in [3.63, 3.8) is 0 Å². The minimum absolute atomic E-state index is 0.182. The molecule has 1 unspecified atom stereocenters. The number of carbonyl (C=O) groups is 1. The van der Waals surface area contributed by atoms with Crippen LogP contribution in [-0.2, 0) is 16.0 Å². The van der Waals surface area contributed by atoms with Crippen molar-refractivity contribution in [2.45, 2.75) is 27.2 Å². The Balaban J connectivity index is 2.03. The van der Waals surface area contributed by atoms with Gasteiger partial charge in [0, 0.05) is 11.9 Å². The molecule has 0 spiro atoms. The van der Waals surface area contributed by atoms with E-state index in [1.807, 2.05) is 37.5 Å². The number of hydrogen-bond acceptors (Lipinski definition) is 5. The summed E-state index contributed by atoms with van der Waals surface area (Å²) in [5.41, 5.74) is 4.32. The number of anilines is 1. The Hall–Kier alpha value is -2.66. The number of nitrogens with zero attached hydrogens (tertiary/aromatic N) is 1. The van der Waals surface area contributed by atoms with Gasteiger partial charge in [-0.1, -0.05) is 60.7 Å². The standard InChI is InChI=1S/C23H28N2O2S/c1-5-7-8-9-18(4)21-16-28-23(25-21)24-15-20(22(26)27-6-2)14-19-12-10-17(3)11-13-19/h5,7-13,16,20H,1,6,14-15H2,2-4H3,(H,24,25)/b8-7-,18-9+. The van der Waals surface area contributed by atoms with Crippen molar-refractivity contribution in [1.29, 1.82) is 0 Å². The lowest BCUT2D eigenvalue weighted by atomic mass is 9.98. The van der Waals surface area contributed by atoms with Crippen LogP contribution in [0.3, 0.4) is 0 Å². The number of esters is 1. The SMILES string of the molecule is C=C/C=C\C=C(/C)c1csc(NCC(Cc2ccc(C)cc2)C(=O)OCC)n1. The smallest absolute Gasteiger partial charge is 0.311 e. The van der Waals surface area contributed by atoms with Gasteiger partial charge in [-0.3, -0.25) is 4.79 Å². The topological polar surface area (TPSA) is 51.2 Å². The zero-order valence-electron chi connectivity index (χ0n) is 16.8. The number of thiazole rings is 1. The molecule has 4 nitrogen and oxygen atoms in total. The van der Waals surface area contributed by atoms with Gasteiger partial charge >= 0.3 is 5.97 Å². The molecule has 2 aromatic rings. The fraction of sp³-hybridized carbons (Fsp3) is 0.304. The van der Waals surface area contributed by atoms with Gasteiger partial charge in [-0.05, 0) is 38.3 Å². The highest BCUT2D eigenvalue weighted by Crippen LogP contribution is 2.22. The maximum absolute atomic E-state index is 12.4. The van der Waals surface area contributed by atoms with E-state index in [4.69, 9.17) is 4.74 Å². The van der Waals surface area contributed by atoms with Gasteiger partial charge in [-0.15, -0.1) is 11.3 Å². The summed E-state index contributed by atoms with van der Waals surface area (Å²) in [6.07, 6.45) is 8.19. The lowest BCUT2D eigenvalue weighted by molar-refractivity contribution is -0.147. The predicted octanol–water partition coefficient (Wildman–Crippen LogP) is 5.43. The molecule has 0 aliphatic carbocycles. The van der Waals surface area contributed by atoms with E-state index in [9.17, 15) is 4.79 Å². The van der Waals surface area contributed by atoms with Crippen LogP contribution in [0.5, 0.6) is 0 Å². The number of aromatic nitrogens is 1. The summed E-state index contributed by atoms with van der Waals surface area (Å²) in [7, 11) is 0. The lowest BCUT2D eigenvalue weighted by Gasteiger charge is -2.16. The Morgan fingerprint density at radius 2 is 2.07 bits per heavy atom.